The Balaban J connectivity index is 1.52. The molecular formula is C27H38N2O2. The second kappa shape index (κ2) is 16.2. The number of pyridine rings is 1. The van der Waals surface area contributed by atoms with E-state index in [1.165, 1.54) is 57.8 Å². The van der Waals surface area contributed by atoms with Crippen LogP contribution in [0.2, 0.25) is 0 Å². The molecule has 0 N–H and O–H groups in total. The van der Waals surface area contributed by atoms with Crippen LogP contribution >= 0.6 is 0 Å². The maximum atomic E-state index is 12.0. The molecular weight excluding hydrogens is 384 g/mol. The smallest absolute Gasteiger partial charge is 0.311 e. The first-order chi connectivity index (χ1) is 15.3. The van der Waals surface area contributed by atoms with Gasteiger partial charge in [-0.2, -0.15) is 0 Å². The number of benzene rings is 1. The highest BCUT2D eigenvalue weighted by Gasteiger charge is 2.04. The van der Waals surface area contributed by atoms with Crippen LogP contribution in [0, 0.1) is 0 Å². The molecule has 0 fully saturated rings. The Morgan fingerprint density at radius 2 is 1.55 bits per heavy atom. The van der Waals surface area contributed by atoms with Gasteiger partial charge in [0.15, 0.2) is 0 Å². The largest absolute Gasteiger partial charge is 0.427 e. The minimum atomic E-state index is -0.145. The van der Waals surface area contributed by atoms with Crippen LogP contribution in [0.25, 0.3) is 0 Å². The molecule has 0 saturated carbocycles. The third kappa shape index (κ3) is 12.1. The predicted octanol–water partition coefficient (Wildman–Crippen LogP) is 7.31. The third-order valence-electron chi connectivity index (χ3n) is 5.33. The van der Waals surface area contributed by atoms with E-state index in [9.17, 15) is 4.79 Å². The fraction of sp³-hybridized carbons (Fsp3) is 0.519. The van der Waals surface area contributed by atoms with Gasteiger partial charge >= 0.3 is 5.97 Å². The molecule has 2 aromatic rings. The molecule has 2 rings (SSSR count). The molecule has 0 amide bonds. The van der Waals surface area contributed by atoms with Crippen LogP contribution in [0.15, 0.2) is 53.8 Å². The number of aliphatic imine (C=N–C) groups is 1. The molecule has 0 aliphatic rings. The summed E-state index contributed by atoms with van der Waals surface area (Å²) in [5.41, 5.74) is 2.06. The number of hydrogen-bond donors (Lipinski definition) is 0. The number of aromatic nitrogens is 1. The maximum absolute atomic E-state index is 12.0. The first kappa shape index (κ1) is 24.8. The highest BCUT2D eigenvalue weighted by molar-refractivity contribution is 5.80. The summed E-state index contributed by atoms with van der Waals surface area (Å²) >= 11 is 0. The molecule has 1 aromatic heterocycles. The van der Waals surface area contributed by atoms with Crippen molar-refractivity contribution in [1.82, 2.24) is 4.98 Å². The molecule has 0 bridgehead atoms. The van der Waals surface area contributed by atoms with Crippen molar-refractivity contribution in [2.75, 3.05) is 0 Å². The third-order valence-corrected chi connectivity index (χ3v) is 5.33. The molecule has 4 heteroatoms. The molecule has 0 aliphatic heterocycles. The lowest BCUT2D eigenvalue weighted by molar-refractivity contribution is -0.134. The van der Waals surface area contributed by atoms with Gasteiger partial charge in [0, 0.05) is 25.0 Å². The predicted molar refractivity (Wildman–Crippen MR) is 129 cm³/mol. The molecule has 168 valence electrons. The van der Waals surface area contributed by atoms with Gasteiger partial charge in [-0.15, -0.1) is 0 Å². The molecule has 0 spiro atoms. The van der Waals surface area contributed by atoms with Crippen LogP contribution in [0.3, 0.4) is 0 Å². The highest BCUT2D eigenvalue weighted by Crippen LogP contribution is 2.15. The summed E-state index contributed by atoms with van der Waals surface area (Å²) in [6.45, 7) is 2.86. The van der Waals surface area contributed by atoms with Gasteiger partial charge < -0.3 is 4.74 Å². The van der Waals surface area contributed by atoms with Crippen molar-refractivity contribution in [3.05, 3.63) is 59.9 Å². The van der Waals surface area contributed by atoms with Gasteiger partial charge in [-0.25, -0.2) is 0 Å². The number of unbranched alkanes of at least 4 members (excludes halogenated alkanes) is 10. The van der Waals surface area contributed by atoms with E-state index < -0.39 is 0 Å². The van der Waals surface area contributed by atoms with Gasteiger partial charge in [-0.3, -0.25) is 14.8 Å². The summed E-state index contributed by atoms with van der Waals surface area (Å²) in [6.07, 6.45) is 19.9. The monoisotopic (exact) mass is 422 g/mol. The molecule has 1 heterocycles. The molecule has 0 atom stereocenters. The van der Waals surface area contributed by atoms with Gasteiger partial charge in [-0.1, -0.05) is 77.2 Å². The standard InChI is InChI=1S/C27H38N2O2/c1-2-3-4-5-6-7-8-9-10-11-12-15-27(30)31-26-18-16-24(17-19-26)21-29-23-25-14-13-20-28-22-25/h13-14,16-22H,2-12,15,23H2,1H3. The van der Waals surface area contributed by atoms with E-state index in [1.807, 2.05) is 48.8 Å². The summed E-state index contributed by atoms with van der Waals surface area (Å²) < 4.78 is 5.44. The molecule has 0 unspecified atom stereocenters. The van der Waals surface area contributed by atoms with Gasteiger partial charge in [0.2, 0.25) is 0 Å². The highest BCUT2D eigenvalue weighted by atomic mass is 16.5. The van der Waals surface area contributed by atoms with Crippen molar-refractivity contribution in [3.63, 3.8) is 0 Å². The van der Waals surface area contributed by atoms with Crippen LogP contribution < -0.4 is 4.74 Å². The van der Waals surface area contributed by atoms with Crippen molar-refractivity contribution in [3.8, 4) is 5.75 Å². The van der Waals surface area contributed by atoms with Crippen molar-refractivity contribution in [2.45, 2.75) is 90.5 Å². The number of esters is 1. The molecule has 0 radical (unpaired) electrons. The van der Waals surface area contributed by atoms with Crippen LogP contribution in [0.4, 0.5) is 0 Å². The lowest BCUT2D eigenvalue weighted by Crippen LogP contribution is -2.07. The number of nitrogens with zero attached hydrogens (tertiary/aromatic N) is 2. The summed E-state index contributed by atoms with van der Waals surface area (Å²) in [4.78, 5) is 20.5. The average molecular weight is 423 g/mol. The minimum Gasteiger partial charge on any atom is -0.427 e. The van der Waals surface area contributed by atoms with E-state index in [0.717, 1.165) is 24.0 Å². The Morgan fingerprint density at radius 1 is 0.903 bits per heavy atom. The maximum Gasteiger partial charge on any atom is 0.311 e. The number of hydrogen-bond acceptors (Lipinski definition) is 4. The van der Waals surface area contributed by atoms with E-state index in [-0.39, 0.29) is 5.97 Å². The van der Waals surface area contributed by atoms with Crippen LogP contribution in [0.5, 0.6) is 5.75 Å². The van der Waals surface area contributed by atoms with Gasteiger partial charge in [0.1, 0.15) is 5.75 Å². The topological polar surface area (TPSA) is 51.5 Å². The fourth-order valence-electron chi connectivity index (χ4n) is 3.49. The quantitative estimate of drug-likeness (QED) is 0.123. The number of carbonyl (C=O) groups excluding carboxylic acids is 1. The van der Waals surface area contributed by atoms with Gasteiger partial charge in [0.05, 0.1) is 6.54 Å². The van der Waals surface area contributed by atoms with Crippen LogP contribution in [-0.4, -0.2) is 17.2 Å². The second-order valence-electron chi connectivity index (χ2n) is 8.16. The summed E-state index contributed by atoms with van der Waals surface area (Å²) in [7, 11) is 0. The van der Waals surface area contributed by atoms with E-state index in [4.69, 9.17) is 4.74 Å². The van der Waals surface area contributed by atoms with Crippen molar-refractivity contribution in [2.24, 2.45) is 4.99 Å². The summed E-state index contributed by atoms with van der Waals surface area (Å²) in [5, 5.41) is 0. The lowest BCUT2D eigenvalue weighted by atomic mass is 10.1. The summed E-state index contributed by atoms with van der Waals surface area (Å²) in [6, 6.07) is 11.4. The van der Waals surface area contributed by atoms with E-state index >= 15 is 0 Å². The lowest BCUT2D eigenvalue weighted by Gasteiger charge is -2.05. The second-order valence-corrected chi connectivity index (χ2v) is 8.16. The summed E-state index contributed by atoms with van der Waals surface area (Å²) in [5.74, 6) is 0.450. The van der Waals surface area contributed by atoms with Crippen molar-refractivity contribution in [1.29, 1.82) is 0 Å². The first-order valence-electron chi connectivity index (χ1n) is 12.0. The first-order valence-corrected chi connectivity index (χ1v) is 12.0. The zero-order valence-corrected chi connectivity index (χ0v) is 19.1. The van der Waals surface area contributed by atoms with E-state index in [2.05, 4.69) is 16.9 Å². The van der Waals surface area contributed by atoms with Crippen molar-refractivity contribution < 1.29 is 9.53 Å². The molecule has 0 aliphatic carbocycles. The van der Waals surface area contributed by atoms with Crippen LogP contribution in [0.1, 0.15) is 95.1 Å². The zero-order chi connectivity index (χ0) is 22.0. The Morgan fingerprint density at radius 3 is 2.16 bits per heavy atom. The van der Waals surface area contributed by atoms with Crippen molar-refractivity contribution >= 4 is 12.2 Å². The molecule has 31 heavy (non-hydrogen) atoms. The number of rotatable bonds is 16. The van der Waals surface area contributed by atoms with Gasteiger partial charge in [0.25, 0.3) is 0 Å². The Bertz CT molecular complexity index is 742. The minimum absolute atomic E-state index is 0.145. The molecule has 0 saturated heterocycles. The average Bonchev–Trinajstić information content (AvgIpc) is 2.79. The van der Waals surface area contributed by atoms with E-state index in [1.54, 1.807) is 6.20 Å². The Kier molecular flexibility index (Phi) is 13.0. The van der Waals surface area contributed by atoms with E-state index in [0.29, 0.717) is 18.7 Å². The zero-order valence-electron chi connectivity index (χ0n) is 19.1. The normalized spacial score (nSPS) is 11.1. The SMILES string of the molecule is CCCCCCCCCCCCCC(=O)Oc1ccc(C=NCc2cccnc2)cc1. The van der Waals surface area contributed by atoms with Crippen LogP contribution in [-0.2, 0) is 11.3 Å². The number of carbonyl (C=O) groups is 1. The molecule has 1 aromatic carbocycles. The Labute approximate surface area is 188 Å². The fourth-order valence-corrected chi connectivity index (χ4v) is 3.49. The van der Waals surface area contributed by atoms with Gasteiger partial charge in [-0.05, 0) is 47.9 Å². The number of ether oxygens (including phenoxy) is 1. The Hall–Kier alpha value is -2.49. The molecule has 4 nitrogen and oxygen atoms in total.